The Bertz CT molecular complexity index is 1320. The summed E-state index contributed by atoms with van der Waals surface area (Å²) < 4.78 is 15.6. The Balaban J connectivity index is 1.39. The first kappa shape index (κ1) is 23.7. The number of nitrogens with one attached hydrogen (secondary N) is 2. The van der Waals surface area contributed by atoms with Crippen molar-refractivity contribution < 1.29 is 23.5 Å². The minimum atomic E-state index is -0.604. The molecule has 3 aromatic carbocycles. The third kappa shape index (κ3) is 6.30. The lowest BCUT2D eigenvalue weighted by Crippen LogP contribution is -2.17. The first-order valence-corrected chi connectivity index (χ1v) is 10.9. The van der Waals surface area contributed by atoms with Gasteiger partial charge < -0.3 is 19.2 Å². The van der Waals surface area contributed by atoms with E-state index in [0.717, 1.165) is 11.1 Å². The van der Waals surface area contributed by atoms with Crippen LogP contribution in [0.2, 0.25) is 0 Å². The summed E-state index contributed by atoms with van der Waals surface area (Å²) in [4.78, 5) is 24.5. The Kier molecular flexibility index (Phi) is 7.49. The van der Waals surface area contributed by atoms with Gasteiger partial charge in [0.05, 0.1) is 6.61 Å². The molecule has 0 saturated heterocycles. The van der Waals surface area contributed by atoms with Crippen molar-refractivity contribution in [2.24, 2.45) is 0 Å². The second kappa shape index (κ2) is 11.1. The second-order valence-electron chi connectivity index (χ2n) is 7.65. The average molecular weight is 473 g/mol. The smallest absolute Gasteiger partial charge is 0.411 e. The zero-order valence-electron chi connectivity index (χ0n) is 19.3. The van der Waals surface area contributed by atoms with Crippen molar-refractivity contribution >= 4 is 23.4 Å². The van der Waals surface area contributed by atoms with Crippen LogP contribution >= 0.6 is 0 Å². The van der Waals surface area contributed by atoms with E-state index in [1.54, 1.807) is 48.5 Å². The maximum absolute atomic E-state index is 12.7. The molecule has 0 radical (unpaired) electrons. The number of amides is 2. The third-order valence-electron chi connectivity index (χ3n) is 4.97. The molecule has 0 aliphatic heterocycles. The largest absolute Gasteiger partial charge is 0.447 e. The lowest BCUT2D eigenvalue weighted by molar-refractivity contribution is 0.102. The fourth-order valence-corrected chi connectivity index (χ4v) is 3.25. The van der Waals surface area contributed by atoms with E-state index < -0.39 is 6.09 Å². The number of carbonyl (C=O) groups excluding carboxylic acids is 2. The van der Waals surface area contributed by atoms with Gasteiger partial charge in [0.2, 0.25) is 11.8 Å². The quantitative estimate of drug-likeness (QED) is 0.340. The number of aryl methyl sites for hydroxylation is 1. The Morgan fingerprint density at radius 1 is 0.829 bits per heavy atom. The lowest BCUT2D eigenvalue weighted by Gasteiger charge is -2.09. The zero-order valence-corrected chi connectivity index (χ0v) is 19.3. The van der Waals surface area contributed by atoms with Crippen LogP contribution in [-0.4, -0.2) is 42.5 Å². The number of aromatic nitrogens is 2. The predicted octanol–water partition coefficient (Wildman–Crippen LogP) is 5.16. The molecular formula is C26H24N4O5. The first-order chi connectivity index (χ1) is 17.0. The highest BCUT2D eigenvalue weighted by Crippen LogP contribution is 2.25. The number of hydrogen-bond donors (Lipinski definition) is 2. The topological polar surface area (TPSA) is 116 Å². The Morgan fingerprint density at radius 2 is 1.51 bits per heavy atom. The number of ether oxygens (including phenoxy) is 2. The molecule has 2 amide bonds. The first-order valence-electron chi connectivity index (χ1n) is 10.9. The Morgan fingerprint density at radius 3 is 2.23 bits per heavy atom. The summed E-state index contributed by atoms with van der Waals surface area (Å²) in [6.07, 6.45) is -0.604. The summed E-state index contributed by atoms with van der Waals surface area (Å²) in [5.74, 6) is 0.494. The predicted molar refractivity (Wildman–Crippen MR) is 131 cm³/mol. The zero-order chi connectivity index (χ0) is 24.6. The van der Waals surface area contributed by atoms with Gasteiger partial charge in [0.1, 0.15) is 6.61 Å². The van der Waals surface area contributed by atoms with Crippen LogP contribution in [0.5, 0.6) is 0 Å². The molecule has 9 heteroatoms. The number of rotatable bonds is 8. The summed E-state index contributed by atoms with van der Waals surface area (Å²) in [6, 6.07) is 21.4. The van der Waals surface area contributed by atoms with Crippen LogP contribution in [0.4, 0.5) is 16.2 Å². The van der Waals surface area contributed by atoms with Crippen molar-refractivity contribution in [2.75, 3.05) is 31.0 Å². The Hall–Kier alpha value is -4.50. The van der Waals surface area contributed by atoms with Crippen LogP contribution in [0, 0.1) is 6.92 Å². The molecule has 0 aliphatic carbocycles. The van der Waals surface area contributed by atoms with E-state index in [0.29, 0.717) is 40.9 Å². The van der Waals surface area contributed by atoms with Crippen molar-refractivity contribution in [3.05, 3.63) is 83.9 Å². The molecule has 4 rings (SSSR count). The highest BCUT2D eigenvalue weighted by Gasteiger charge is 2.13. The molecule has 0 aliphatic rings. The van der Waals surface area contributed by atoms with Crippen LogP contribution in [0.25, 0.3) is 22.9 Å². The van der Waals surface area contributed by atoms with Gasteiger partial charge in [-0.05, 0) is 61.5 Å². The SMILES string of the molecule is COCCOC(=O)Nc1cccc(NC(=O)c2ccc(-c3nnc(-c4cccc(C)c4)o3)cc2)c1. The molecule has 0 bridgehead atoms. The molecule has 1 heterocycles. The molecule has 0 saturated carbocycles. The lowest BCUT2D eigenvalue weighted by atomic mass is 10.1. The van der Waals surface area contributed by atoms with Gasteiger partial charge in [-0.15, -0.1) is 10.2 Å². The van der Waals surface area contributed by atoms with Crippen LogP contribution in [-0.2, 0) is 9.47 Å². The van der Waals surface area contributed by atoms with Crippen molar-refractivity contribution in [2.45, 2.75) is 6.92 Å². The maximum atomic E-state index is 12.7. The molecule has 35 heavy (non-hydrogen) atoms. The molecule has 0 spiro atoms. The van der Waals surface area contributed by atoms with Gasteiger partial charge in [0, 0.05) is 35.2 Å². The van der Waals surface area contributed by atoms with Gasteiger partial charge in [-0.1, -0.05) is 23.8 Å². The van der Waals surface area contributed by atoms with Crippen LogP contribution < -0.4 is 10.6 Å². The molecule has 1 aromatic heterocycles. The molecule has 9 nitrogen and oxygen atoms in total. The number of benzene rings is 3. The van der Waals surface area contributed by atoms with Gasteiger partial charge in [0.15, 0.2) is 0 Å². The molecule has 0 fully saturated rings. The number of anilines is 2. The number of nitrogens with zero attached hydrogens (tertiary/aromatic N) is 2. The molecule has 2 N–H and O–H groups in total. The van der Waals surface area contributed by atoms with Crippen LogP contribution in [0.15, 0.2) is 77.2 Å². The summed E-state index contributed by atoms with van der Waals surface area (Å²) in [5, 5.41) is 13.7. The Labute approximate surface area is 202 Å². The summed E-state index contributed by atoms with van der Waals surface area (Å²) in [7, 11) is 1.52. The van der Waals surface area contributed by atoms with Crippen molar-refractivity contribution in [1.82, 2.24) is 10.2 Å². The fourth-order valence-electron chi connectivity index (χ4n) is 3.25. The van der Waals surface area contributed by atoms with Gasteiger partial charge >= 0.3 is 6.09 Å². The van der Waals surface area contributed by atoms with Crippen molar-refractivity contribution in [1.29, 1.82) is 0 Å². The molecular weight excluding hydrogens is 448 g/mol. The normalized spacial score (nSPS) is 10.6. The summed E-state index contributed by atoms with van der Waals surface area (Å²) in [5.41, 5.74) is 4.10. The summed E-state index contributed by atoms with van der Waals surface area (Å²) >= 11 is 0. The van der Waals surface area contributed by atoms with Crippen molar-refractivity contribution in [3.8, 4) is 22.9 Å². The van der Waals surface area contributed by atoms with Gasteiger partial charge in [-0.2, -0.15) is 0 Å². The van der Waals surface area contributed by atoms with Gasteiger partial charge in [-0.3, -0.25) is 10.1 Å². The number of carbonyl (C=O) groups is 2. The molecule has 0 unspecified atom stereocenters. The van der Waals surface area contributed by atoms with E-state index in [1.807, 2.05) is 31.2 Å². The van der Waals surface area contributed by atoms with E-state index in [9.17, 15) is 9.59 Å². The molecule has 0 atom stereocenters. The van der Waals surface area contributed by atoms with E-state index >= 15 is 0 Å². The highest BCUT2D eigenvalue weighted by molar-refractivity contribution is 6.04. The van der Waals surface area contributed by atoms with E-state index in [4.69, 9.17) is 13.9 Å². The van der Waals surface area contributed by atoms with E-state index in [-0.39, 0.29) is 12.5 Å². The fraction of sp³-hybridized carbons (Fsp3) is 0.154. The second-order valence-corrected chi connectivity index (χ2v) is 7.65. The molecule has 178 valence electrons. The number of methoxy groups -OCH3 is 1. The van der Waals surface area contributed by atoms with Crippen LogP contribution in [0.3, 0.4) is 0 Å². The van der Waals surface area contributed by atoms with Gasteiger partial charge in [0.25, 0.3) is 5.91 Å². The third-order valence-corrected chi connectivity index (χ3v) is 4.97. The number of hydrogen-bond acceptors (Lipinski definition) is 7. The minimum Gasteiger partial charge on any atom is -0.447 e. The van der Waals surface area contributed by atoms with Gasteiger partial charge in [-0.25, -0.2) is 4.79 Å². The van der Waals surface area contributed by atoms with E-state index in [2.05, 4.69) is 20.8 Å². The standard InChI is InChI=1S/C26H24N4O5/c1-17-5-3-6-20(15-17)25-30-29-24(35-25)19-11-9-18(10-12-19)23(31)27-21-7-4-8-22(16-21)28-26(32)34-14-13-33-2/h3-12,15-16H,13-14H2,1-2H3,(H,27,31)(H,28,32). The maximum Gasteiger partial charge on any atom is 0.411 e. The summed E-state index contributed by atoms with van der Waals surface area (Å²) in [6.45, 7) is 2.45. The highest BCUT2D eigenvalue weighted by atomic mass is 16.6. The van der Waals surface area contributed by atoms with Crippen LogP contribution in [0.1, 0.15) is 15.9 Å². The van der Waals surface area contributed by atoms with E-state index in [1.165, 1.54) is 7.11 Å². The average Bonchev–Trinajstić information content (AvgIpc) is 3.35. The van der Waals surface area contributed by atoms with Crippen molar-refractivity contribution in [3.63, 3.8) is 0 Å². The minimum absolute atomic E-state index is 0.144. The monoisotopic (exact) mass is 472 g/mol. The molecule has 4 aromatic rings.